The number of benzene rings is 2. The molecule has 1 heterocycles. The first-order valence-electron chi connectivity index (χ1n) is 8.92. The molecule has 0 saturated carbocycles. The van der Waals surface area contributed by atoms with Gasteiger partial charge in [-0.15, -0.1) is 0 Å². The van der Waals surface area contributed by atoms with Gasteiger partial charge in [-0.3, -0.25) is 14.9 Å². The van der Waals surface area contributed by atoms with Crippen molar-refractivity contribution in [1.29, 1.82) is 0 Å². The van der Waals surface area contributed by atoms with Gasteiger partial charge in [-0.25, -0.2) is 5.06 Å². The van der Waals surface area contributed by atoms with Gasteiger partial charge in [0.25, 0.3) is 5.91 Å². The molecule has 0 aliphatic carbocycles. The first kappa shape index (κ1) is 19.9. The van der Waals surface area contributed by atoms with E-state index in [0.29, 0.717) is 22.2 Å². The molecule has 0 radical (unpaired) electrons. The molecule has 1 N–H and O–H groups in total. The Morgan fingerprint density at radius 1 is 1.11 bits per heavy atom. The molecule has 2 aromatic carbocycles. The van der Waals surface area contributed by atoms with Crippen molar-refractivity contribution in [2.24, 2.45) is 0 Å². The third-order valence-electron chi connectivity index (χ3n) is 4.68. The molecule has 1 atom stereocenters. The minimum Gasteiger partial charge on any atom is -0.297 e. The Hall–Kier alpha value is -1.85. The summed E-state index contributed by atoms with van der Waals surface area (Å²) >= 11 is 12.2. The third kappa shape index (κ3) is 5.11. The lowest BCUT2D eigenvalue weighted by molar-refractivity contribution is -0.177. The molecule has 27 heavy (non-hydrogen) atoms. The van der Waals surface area contributed by atoms with Crippen LogP contribution < -0.4 is 0 Å². The number of carbonyl (C=O) groups excluding carboxylic acids is 1. The second kappa shape index (κ2) is 9.38. The van der Waals surface area contributed by atoms with Gasteiger partial charge in [-0.2, -0.15) is 0 Å². The van der Waals surface area contributed by atoms with E-state index in [2.05, 4.69) is 17.1 Å². The van der Waals surface area contributed by atoms with Crippen LogP contribution in [0.25, 0.3) is 0 Å². The predicted molar refractivity (Wildman–Crippen MR) is 108 cm³/mol. The standard InChI is InChI=1S/C21H22Cl2N2O2/c22-18-11-7-10-17(21(18)23)14-20(26)25(27)19(16-8-3-1-4-9-16)15-24-12-5-2-6-13-24/h1-5,7-11,19,27H,6,12-15H2. The Morgan fingerprint density at radius 2 is 1.89 bits per heavy atom. The highest BCUT2D eigenvalue weighted by atomic mass is 35.5. The van der Waals surface area contributed by atoms with Crippen molar-refractivity contribution in [3.05, 3.63) is 81.9 Å². The maximum absolute atomic E-state index is 12.8. The number of hydrogen-bond donors (Lipinski definition) is 1. The predicted octanol–water partition coefficient (Wildman–Crippen LogP) is 4.76. The first-order valence-corrected chi connectivity index (χ1v) is 9.68. The van der Waals surface area contributed by atoms with Crippen LogP contribution >= 0.6 is 23.2 Å². The van der Waals surface area contributed by atoms with E-state index in [9.17, 15) is 10.0 Å². The zero-order valence-corrected chi connectivity index (χ0v) is 16.4. The zero-order chi connectivity index (χ0) is 19.2. The van der Waals surface area contributed by atoms with E-state index >= 15 is 0 Å². The molecule has 4 nitrogen and oxygen atoms in total. The van der Waals surface area contributed by atoms with Crippen LogP contribution in [0.4, 0.5) is 0 Å². The van der Waals surface area contributed by atoms with Crippen LogP contribution in [-0.4, -0.2) is 40.7 Å². The number of hydrogen-bond acceptors (Lipinski definition) is 3. The van der Waals surface area contributed by atoms with Gasteiger partial charge in [0.1, 0.15) is 0 Å². The number of amides is 1. The summed E-state index contributed by atoms with van der Waals surface area (Å²) in [5.41, 5.74) is 1.49. The van der Waals surface area contributed by atoms with Crippen LogP contribution in [0.1, 0.15) is 23.6 Å². The zero-order valence-electron chi connectivity index (χ0n) is 14.9. The molecule has 0 spiro atoms. The van der Waals surface area contributed by atoms with Crippen LogP contribution in [0.2, 0.25) is 10.0 Å². The maximum Gasteiger partial charge on any atom is 0.251 e. The molecule has 142 valence electrons. The summed E-state index contributed by atoms with van der Waals surface area (Å²) in [5.74, 6) is -0.416. The molecular formula is C21H22Cl2N2O2. The molecule has 0 bridgehead atoms. The van der Waals surface area contributed by atoms with Crippen molar-refractivity contribution in [1.82, 2.24) is 9.96 Å². The van der Waals surface area contributed by atoms with Gasteiger partial charge in [0.05, 0.1) is 22.5 Å². The molecule has 1 aliphatic heterocycles. The minimum absolute atomic E-state index is 0.0148. The van der Waals surface area contributed by atoms with Crippen molar-refractivity contribution >= 4 is 29.1 Å². The molecule has 1 amide bonds. The number of carbonyl (C=O) groups is 1. The van der Waals surface area contributed by atoms with Gasteiger partial charge in [0, 0.05) is 19.6 Å². The van der Waals surface area contributed by atoms with Crippen molar-refractivity contribution < 1.29 is 10.0 Å². The van der Waals surface area contributed by atoms with Crippen molar-refractivity contribution in [3.8, 4) is 0 Å². The number of halogens is 2. The van der Waals surface area contributed by atoms with Crippen LogP contribution in [0.15, 0.2) is 60.7 Å². The fourth-order valence-electron chi connectivity index (χ4n) is 3.20. The SMILES string of the molecule is O=C(Cc1cccc(Cl)c1Cl)N(O)C(CN1CC=CCC1)c1ccccc1. The average molecular weight is 405 g/mol. The molecule has 1 unspecified atom stereocenters. The van der Waals surface area contributed by atoms with Crippen molar-refractivity contribution in [3.63, 3.8) is 0 Å². The topological polar surface area (TPSA) is 43.8 Å². The highest BCUT2D eigenvalue weighted by Gasteiger charge is 2.27. The second-order valence-corrected chi connectivity index (χ2v) is 7.36. The molecule has 0 fully saturated rings. The highest BCUT2D eigenvalue weighted by Crippen LogP contribution is 2.27. The van der Waals surface area contributed by atoms with Gasteiger partial charge >= 0.3 is 0 Å². The van der Waals surface area contributed by atoms with E-state index in [1.54, 1.807) is 18.2 Å². The van der Waals surface area contributed by atoms with Gasteiger partial charge in [0.2, 0.25) is 0 Å². The average Bonchev–Trinajstić information content (AvgIpc) is 2.70. The van der Waals surface area contributed by atoms with Crippen molar-refractivity contribution in [2.75, 3.05) is 19.6 Å². The van der Waals surface area contributed by atoms with Crippen molar-refractivity contribution in [2.45, 2.75) is 18.9 Å². The largest absolute Gasteiger partial charge is 0.297 e. The van der Waals surface area contributed by atoms with Gasteiger partial charge in [-0.1, -0.05) is 77.8 Å². The van der Waals surface area contributed by atoms with Gasteiger partial charge in [-0.05, 0) is 23.6 Å². The van der Waals surface area contributed by atoms with E-state index < -0.39 is 11.9 Å². The van der Waals surface area contributed by atoms with E-state index in [0.717, 1.165) is 30.1 Å². The second-order valence-electron chi connectivity index (χ2n) is 6.57. The smallest absolute Gasteiger partial charge is 0.251 e. The number of rotatable bonds is 6. The van der Waals surface area contributed by atoms with Crippen LogP contribution in [0.3, 0.4) is 0 Å². The normalized spacial score (nSPS) is 15.5. The van der Waals surface area contributed by atoms with Crippen LogP contribution in [0, 0.1) is 0 Å². The quantitative estimate of drug-likeness (QED) is 0.428. The summed E-state index contributed by atoms with van der Waals surface area (Å²) in [4.78, 5) is 15.0. The molecule has 0 saturated heterocycles. The summed E-state index contributed by atoms with van der Waals surface area (Å²) < 4.78 is 0. The molecular weight excluding hydrogens is 383 g/mol. The first-order chi connectivity index (χ1) is 13.1. The lowest BCUT2D eigenvalue weighted by Gasteiger charge is -2.32. The monoisotopic (exact) mass is 404 g/mol. The maximum atomic E-state index is 12.8. The summed E-state index contributed by atoms with van der Waals surface area (Å²) in [5, 5.41) is 12.3. The Morgan fingerprint density at radius 3 is 2.59 bits per heavy atom. The fraction of sp³-hybridized carbons (Fsp3) is 0.286. The van der Waals surface area contributed by atoms with Crippen LogP contribution in [0.5, 0.6) is 0 Å². The number of nitrogens with zero attached hydrogens (tertiary/aromatic N) is 2. The van der Waals surface area contributed by atoms with Gasteiger partial charge in [0.15, 0.2) is 0 Å². The van der Waals surface area contributed by atoms with Gasteiger partial charge < -0.3 is 0 Å². The summed E-state index contributed by atoms with van der Waals surface area (Å²) in [6.45, 7) is 2.27. The molecule has 3 rings (SSSR count). The highest BCUT2D eigenvalue weighted by molar-refractivity contribution is 6.42. The molecule has 1 aliphatic rings. The number of hydroxylamine groups is 2. The summed E-state index contributed by atoms with van der Waals surface area (Å²) in [6.07, 6.45) is 5.22. The molecule has 6 heteroatoms. The Bertz CT molecular complexity index is 811. The third-order valence-corrected chi connectivity index (χ3v) is 5.54. The molecule has 2 aromatic rings. The fourth-order valence-corrected chi connectivity index (χ4v) is 3.59. The van der Waals surface area contributed by atoms with E-state index in [4.69, 9.17) is 23.2 Å². The summed E-state index contributed by atoms with van der Waals surface area (Å²) in [7, 11) is 0. The Labute approximate surface area is 169 Å². The summed E-state index contributed by atoms with van der Waals surface area (Å²) in [6, 6.07) is 14.3. The Balaban J connectivity index is 1.79. The van der Waals surface area contributed by atoms with Crippen LogP contribution in [-0.2, 0) is 11.2 Å². The minimum atomic E-state index is -0.455. The lowest BCUT2D eigenvalue weighted by Crippen LogP contribution is -2.41. The van der Waals surface area contributed by atoms with E-state index in [1.165, 1.54) is 0 Å². The van der Waals surface area contributed by atoms with E-state index in [1.807, 2.05) is 30.3 Å². The van der Waals surface area contributed by atoms with E-state index in [-0.39, 0.29) is 6.42 Å². The lowest BCUT2D eigenvalue weighted by atomic mass is 10.0. The molecule has 0 aromatic heterocycles. The Kier molecular flexibility index (Phi) is 6.91.